The summed E-state index contributed by atoms with van der Waals surface area (Å²) in [6, 6.07) is 0. The first-order valence-electron chi connectivity index (χ1n) is 4.54. The smallest absolute Gasteiger partial charge is 0.329 e. The summed E-state index contributed by atoms with van der Waals surface area (Å²) in [6.07, 6.45) is 4.24. The summed E-state index contributed by atoms with van der Waals surface area (Å²) in [5, 5.41) is 8.41. The van der Waals surface area contributed by atoms with E-state index in [1.165, 1.54) is 6.20 Å². The summed E-state index contributed by atoms with van der Waals surface area (Å²) < 4.78 is 0. The van der Waals surface area contributed by atoms with Crippen LogP contribution in [0.2, 0.25) is 0 Å². The molecule has 1 heterocycles. The number of rotatable bonds is 3. The fourth-order valence-electron chi connectivity index (χ4n) is 1.54. The molecule has 1 rings (SSSR count). The van der Waals surface area contributed by atoms with E-state index >= 15 is 0 Å². The van der Waals surface area contributed by atoms with Crippen LogP contribution in [0, 0.1) is 5.92 Å². The van der Waals surface area contributed by atoms with Gasteiger partial charge in [0.1, 0.15) is 0 Å². The summed E-state index contributed by atoms with van der Waals surface area (Å²) in [4.78, 5) is 23.0. The maximum atomic E-state index is 10.9. The number of piperidine rings is 1. The number of nitrogens with two attached hydrogens (primary N) is 1. The molecule has 3 N–H and O–H groups in total. The van der Waals surface area contributed by atoms with Crippen LogP contribution >= 0.6 is 0 Å². The number of nitrogens with zero attached hydrogens (tertiary/aromatic N) is 1. The van der Waals surface area contributed by atoms with Gasteiger partial charge < -0.3 is 15.7 Å². The average molecular weight is 198 g/mol. The molecule has 0 spiro atoms. The Bertz CT molecular complexity index is 263. The number of carboxylic acids is 1. The number of carbonyl (C=O) groups is 2. The number of primary amides is 1. The lowest BCUT2D eigenvalue weighted by atomic mass is 9.98. The van der Waals surface area contributed by atoms with E-state index in [2.05, 4.69) is 0 Å². The maximum absolute atomic E-state index is 10.9. The molecule has 0 aromatic heterocycles. The van der Waals surface area contributed by atoms with E-state index in [0.717, 1.165) is 25.5 Å². The third-order valence-electron chi connectivity index (χ3n) is 2.28. The number of amides is 1. The van der Waals surface area contributed by atoms with Crippen LogP contribution in [0.15, 0.2) is 12.3 Å². The van der Waals surface area contributed by atoms with Gasteiger partial charge in [-0.1, -0.05) is 0 Å². The third-order valence-corrected chi connectivity index (χ3v) is 2.28. The molecule has 1 amide bonds. The third kappa shape index (κ3) is 3.08. The topological polar surface area (TPSA) is 83.6 Å². The zero-order chi connectivity index (χ0) is 10.6. The Morgan fingerprint density at radius 1 is 1.50 bits per heavy atom. The first-order chi connectivity index (χ1) is 6.59. The van der Waals surface area contributed by atoms with Gasteiger partial charge in [0.05, 0.1) is 5.92 Å². The largest absolute Gasteiger partial charge is 0.478 e. The number of hydrogen-bond acceptors (Lipinski definition) is 3. The lowest BCUT2D eigenvalue weighted by molar-refractivity contribution is -0.131. The molecule has 78 valence electrons. The monoisotopic (exact) mass is 198 g/mol. The van der Waals surface area contributed by atoms with Gasteiger partial charge in [-0.2, -0.15) is 0 Å². The predicted octanol–water partition coefficient (Wildman–Crippen LogP) is -0.218. The number of aliphatic carboxylic acids is 1. The molecule has 5 nitrogen and oxygen atoms in total. The Kier molecular flexibility index (Phi) is 3.50. The second-order valence-electron chi connectivity index (χ2n) is 3.39. The molecule has 0 aromatic carbocycles. The highest BCUT2D eigenvalue weighted by atomic mass is 16.4. The van der Waals surface area contributed by atoms with Gasteiger partial charge >= 0.3 is 5.97 Å². The first-order valence-corrected chi connectivity index (χ1v) is 4.54. The molecule has 0 saturated carbocycles. The fourth-order valence-corrected chi connectivity index (χ4v) is 1.54. The Morgan fingerprint density at radius 2 is 2.21 bits per heavy atom. The Labute approximate surface area is 82.2 Å². The van der Waals surface area contributed by atoms with Gasteiger partial charge in [0.25, 0.3) is 0 Å². The maximum Gasteiger partial charge on any atom is 0.329 e. The highest BCUT2D eigenvalue weighted by Gasteiger charge is 2.21. The molecule has 1 atom stereocenters. The van der Waals surface area contributed by atoms with Gasteiger partial charge in [-0.3, -0.25) is 4.79 Å². The molecule has 1 fully saturated rings. The molecule has 0 aromatic rings. The van der Waals surface area contributed by atoms with Crippen molar-refractivity contribution >= 4 is 11.9 Å². The molecule has 0 radical (unpaired) electrons. The quantitative estimate of drug-likeness (QED) is 0.614. The van der Waals surface area contributed by atoms with Crippen molar-refractivity contribution in [2.24, 2.45) is 11.7 Å². The summed E-state index contributed by atoms with van der Waals surface area (Å²) >= 11 is 0. The second kappa shape index (κ2) is 4.64. The molecular formula is C9H14N2O3. The van der Waals surface area contributed by atoms with Crippen LogP contribution in [-0.4, -0.2) is 35.0 Å². The zero-order valence-corrected chi connectivity index (χ0v) is 7.85. The van der Waals surface area contributed by atoms with Crippen molar-refractivity contribution in [3.05, 3.63) is 12.3 Å². The minimum atomic E-state index is -0.980. The molecule has 14 heavy (non-hydrogen) atoms. The fraction of sp³-hybridized carbons (Fsp3) is 0.556. The van der Waals surface area contributed by atoms with Crippen LogP contribution < -0.4 is 5.73 Å². The van der Waals surface area contributed by atoms with E-state index in [4.69, 9.17) is 10.8 Å². The summed E-state index contributed by atoms with van der Waals surface area (Å²) in [7, 11) is 0. The second-order valence-corrected chi connectivity index (χ2v) is 3.39. The summed E-state index contributed by atoms with van der Waals surface area (Å²) in [5.41, 5.74) is 5.18. The summed E-state index contributed by atoms with van der Waals surface area (Å²) in [5.74, 6) is -1.44. The summed E-state index contributed by atoms with van der Waals surface area (Å²) in [6.45, 7) is 1.31. The molecule has 5 heteroatoms. The van der Waals surface area contributed by atoms with Gasteiger partial charge in [-0.25, -0.2) is 4.79 Å². The molecule has 0 bridgehead atoms. The van der Waals surface area contributed by atoms with E-state index in [-0.39, 0.29) is 11.8 Å². The van der Waals surface area contributed by atoms with Gasteiger partial charge in [0.15, 0.2) is 0 Å². The molecule has 1 aliphatic heterocycles. The van der Waals surface area contributed by atoms with E-state index < -0.39 is 5.97 Å². The van der Waals surface area contributed by atoms with Crippen molar-refractivity contribution < 1.29 is 14.7 Å². The highest BCUT2D eigenvalue weighted by Crippen LogP contribution is 2.15. The number of carboxylic acid groups (broad SMARTS) is 1. The Balaban J connectivity index is 2.48. The van der Waals surface area contributed by atoms with Crippen LogP contribution in [0.25, 0.3) is 0 Å². The molecule has 0 aliphatic carbocycles. The van der Waals surface area contributed by atoms with E-state index in [1.807, 2.05) is 4.90 Å². The molecule has 1 aliphatic rings. The van der Waals surface area contributed by atoms with Crippen molar-refractivity contribution in [2.75, 3.05) is 13.1 Å². The highest BCUT2D eigenvalue weighted by molar-refractivity contribution is 5.79. The van der Waals surface area contributed by atoms with Crippen molar-refractivity contribution in [1.82, 2.24) is 4.90 Å². The van der Waals surface area contributed by atoms with Gasteiger partial charge in [0.2, 0.25) is 5.91 Å². The molecule has 1 unspecified atom stereocenters. The van der Waals surface area contributed by atoms with Gasteiger partial charge in [-0.15, -0.1) is 0 Å². The van der Waals surface area contributed by atoms with Crippen LogP contribution in [0.4, 0.5) is 0 Å². The van der Waals surface area contributed by atoms with E-state index in [1.54, 1.807) is 0 Å². The van der Waals surface area contributed by atoms with Crippen molar-refractivity contribution in [3.8, 4) is 0 Å². The van der Waals surface area contributed by atoms with Crippen molar-refractivity contribution in [2.45, 2.75) is 12.8 Å². The Morgan fingerprint density at radius 3 is 2.79 bits per heavy atom. The zero-order valence-electron chi connectivity index (χ0n) is 7.85. The van der Waals surface area contributed by atoms with E-state index in [9.17, 15) is 9.59 Å². The predicted molar refractivity (Wildman–Crippen MR) is 50.3 cm³/mol. The minimum absolute atomic E-state index is 0.151. The van der Waals surface area contributed by atoms with Gasteiger partial charge in [0, 0.05) is 25.4 Å². The van der Waals surface area contributed by atoms with Crippen molar-refractivity contribution in [1.29, 1.82) is 0 Å². The number of carbonyl (C=O) groups excluding carboxylic acids is 1. The number of hydrogen-bond donors (Lipinski definition) is 2. The van der Waals surface area contributed by atoms with Crippen LogP contribution in [0.1, 0.15) is 12.8 Å². The molecular weight excluding hydrogens is 184 g/mol. The SMILES string of the molecule is NC(=O)C1CCCN(C=CC(=O)O)C1. The van der Waals surface area contributed by atoms with Crippen LogP contribution in [0.3, 0.4) is 0 Å². The van der Waals surface area contributed by atoms with Gasteiger partial charge in [-0.05, 0) is 12.8 Å². The van der Waals surface area contributed by atoms with Crippen LogP contribution in [0.5, 0.6) is 0 Å². The minimum Gasteiger partial charge on any atom is -0.478 e. The van der Waals surface area contributed by atoms with Crippen molar-refractivity contribution in [3.63, 3.8) is 0 Å². The Hall–Kier alpha value is -1.52. The average Bonchev–Trinajstić information content (AvgIpc) is 2.15. The lowest BCUT2D eigenvalue weighted by Gasteiger charge is -2.29. The number of likely N-dealkylation sites (tertiary alicyclic amines) is 1. The van der Waals surface area contributed by atoms with Crippen LogP contribution in [-0.2, 0) is 9.59 Å². The van der Waals surface area contributed by atoms with E-state index in [0.29, 0.717) is 6.54 Å². The normalized spacial score (nSPS) is 22.6. The standard InChI is InChI=1S/C9H14N2O3/c10-9(14)7-2-1-4-11(6-7)5-3-8(12)13/h3,5,7H,1-2,4,6H2,(H2,10,14)(H,12,13). The lowest BCUT2D eigenvalue weighted by Crippen LogP contribution is -2.38. The first kappa shape index (κ1) is 10.6. The molecule has 1 saturated heterocycles.